The van der Waals surface area contributed by atoms with Gasteiger partial charge in [-0.25, -0.2) is 0 Å². The molecule has 136 valence electrons. The predicted molar refractivity (Wildman–Crippen MR) is 109 cm³/mol. The monoisotopic (exact) mass is 386 g/mol. The Kier molecular flexibility index (Phi) is 3.87. The zero-order valence-electron chi connectivity index (χ0n) is 14.6. The summed E-state index contributed by atoms with van der Waals surface area (Å²) in [6.07, 6.45) is 0. The number of Topliss-reactive ketones (excluding diaryl/α,β-unsaturated/α-hetero) is 1. The molecule has 2 aliphatic rings. The average Bonchev–Trinajstić information content (AvgIpc) is 2.88. The Morgan fingerprint density at radius 1 is 0.929 bits per heavy atom. The standard InChI is InChI=1S/C22H14N2O3S/c25-21-16-9-2-1-8-15(16)20-19(21)22(13-6-5-7-14(12-13)24(26)27)28-18-11-4-3-10-17(18)23-20/h1-12,19,22H/t19?,22-/m0/s1. The molecule has 1 aliphatic carbocycles. The molecule has 0 N–H and O–H groups in total. The minimum atomic E-state index is -0.475. The topological polar surface area (TPSA) is 72.6 Å². The first kappa shape index (κ1) is 16.9. The number of nitro groups is 1. The molecule has 1 heterocycles. The quantitative estimate of drug-likeness (QED) is 0.438. The maximum atomic E-state index is 13.3. The van der Waals surface area contributed by atoms with E-state index in [0.717, 1.165) is 27.4 Å². The second-order valence-electron chi connectivity index (χ2n) is 6.74. The maximum absolute atomic E-state index is 13.3. The third-order valence-electron chi connectivity index (χ3n) is 5.12. The van der Waals surface area contributed by atoms with E-state index in [1.807, 2.05) is 54.6 Å². The largest absolute Gasteiger partial charge is 0.293 e. The van der Waals surface area contributed by atoms with Crippen LogP contribution in [0, 0.1) is 16.0 Å². The van der Waals surface area contributed by atoms with Crippen LogP contribution in [0.3, 0.4) is 0 Å². The highest BCUT2D eigenvalue weighted by molar-refractivity contribution is 7.99. The molecule has 2 atom stereocenters. The van der Waals surface area contributed by atoms with Crippen LogP contribution in [0.25, 0.3) is 0 Å². The van der Waals surface area contributed by atoms with Gasteiger partial charge in [-0.05, 0) is 17.7 Å². The number of thioether (sulfide) groups is 1. The fourth-order valence-corrected chi connectivity index (χ4v) is 5.19. The Labute approximate surface area is 165 Å². The van der Waals surface area contributed by atoms with E-state index in [1.165, 1.54) is 6.07 Å². The van der Waals surface area contributed by atoms with Crippen LogP contribution in [0.5, 0.6) is 0 Å². The molecule has 0 spiro atoms. The SMILES string of the molecule is O=C1c2ccccc2C2=Nc3ccccc3S[C@@H](c3cccc([N+](=O)[O-])c3)C12. The number of hydrogen-bond donors (Lipinski definition) is 0. The first-order valence-electron chi connectivity index (χ1n) is 8.86. The molecule has 0 bridgehead atoms. The van der Waals surface area contributed by atoms with Gasteiger partial charge in [-0.1, -0.05) is 48.5 Å². The van der Waals surface area contributed by atoms with E-state index in [9.17, 15) is 14.9 Å². The van der Waals surface area contributed by atoms with E-state index in [2.05, 4.69) is 0 Å². The van der Waals surface area contributed by atoms with Crippen molar-refractivity contribution in [2.24, 2.45) is 10.9 Å². The number of carbonyl (C=O) groups is 1. The van der Waals surface area contributed by atoms with E-state index in [1.54, 1.807) is 23.9 Å². The molecule has 1 aliphatic heterocycles. The van der Waals surface area contributed by atoms with Crippen LogP contribution in [0.1, 0.15) is 26.7 Å². The van der Waals surface area contributed by atoms with Gasteiger partial charge in [0, 0.05) is 28.2 Å². The van der Waals surface area contributed by atoms with Gasteiger partial charge < -0.3 is 0 Å². The number of nitro benzene ring substituents is 1. The van der Waals surface area contributed by atoms with E-state index < -0.39 is 10.8 Å². The second-order valence-corrected chi connectivity index (χ2v) is 7.93. The highest BCUT2D eigenvalue weighted by Gasteiger charge is 2.44. The number of carbonyl (C=O) groups excluding carboxylic acids is 1. The second kappa shape index (κ2) is 6.42. The minimum absolute atomic E-state index is 0.0196. The summed E-state index contributed by atoms with van der Waals surface area (Å²) >= 11 is 1.54. The molecular formula is C22H14N2O3S. The number of nitrogens with zero attached hydrogens (tertiary/aromatic N) is 2. The van der Waals surface area contributed by atoms with Crippen LogP contribution < -0.4 is 0 Å². The summed E-state index contributed by atoms with van der Waals surface area (Å²) in [6, 6.07) is 21.9. The van der Waals surface area contributed by atoms with E-state index in [-0.39, 0.29) is 16.7 Å². The molecule has 5 rings (SSSR count). The minimum Gasteiger partial charge on any atom is -0.293 e. The fourth-order valence-electron chi connectivity index (χ4n) is 3.85. The number of aliphatic imine (C=N–C) groups is 1. The number of ketones is 1. The van der Waals surface area contributed by atoms with Crippen molar-refractivity contribution in [3.63, 3.8) is 0 Å². The lowest BCUT2D eigenvalue weighted by molar-refractivity contribution is -0.384. The number of hydrogen-bond acceptors (Lipinski definition) is 5. The van der Waals surface area contributed by atoms with Crippen molar-refractivity contribution in [2.45, 2.75) is 10.1 Å². The first-order chi connectivity index (χ1) is 13.6. The van der Waals surface area contributed by atoms with Crippen molar-refractivity contribution in [3.8, 4) is 0 Å². The number of non-ortho nitro benzene ring substituents is 1. The number of fused-ring (bicyclic) bond motifs is 4. The summed E-state index contributed by atoms with van der Waals surface area (Å²) < 4.78 is 0. The van der Waals surface area contributed by atoms with Gasteiger partial charge in [0.1, 0.15) is 0 Å². The van der Waals surface area contributed by atoms with Crippen molar-refractivity contribution < 1.29 is 9.72 Å². The molecule has 3 aromatic rings. The van der Waals surface area contributed by atoms with Gasteiger partial charge >= 0.3 is 0 Å². The summed E-state index contributed by atoms with van der Waals surface area (Å²) in [5.41, 5.74) is 3.87. The molecule has 5 nitrogen and oxygen atoms in total. The Morgan fingerprint density at radius 3 is 2.50 bits per heavy atom. The number of benzene rings is 3. The van der Waals surface area contributed by atoms with Crippen LogP contribution in [-0.4, -0.2) is 16.4 Å². The molecule has 28 heavy (non-hydrogen) atoms. The summed E-state index contributed by atoms with van der Waals surface area (Å²) in [4.78, 5) is 30.0. The van der Waals surface area contributed by atoms with Gasteiger partial charge in [0.2, 0.25) is 0 Å². The molecular weight excluding hydrogens is 372 g/mol. The number of rotatable bonds is 2. The third kappa shape index (κ3) is 2.57. The maximum Gasteiger partial charge on any atom is 0.269 e. The summed E-state index contributed by atoms with van der Waals surface area (Å²) in [6.45, 7) is 0. The number of para-hydroxylation sites is 1. The molecule has 0 fully saturated rings. The molecule has 0 saturated carbocycles. The average molecular weight is 386 g/mol. The molecule has 6 heteroatoms. The molecule has 1 unspecified atom stereocenters. The molecule has 0 radical (unpaired) electrons. The van der Waals surface area contributed by atoms with Crippen LogP contribution in [0.15, 0.2) is 82.7 Å². The van der Waals surface area contributed by atoms with Gasteiger partial charge in [-0.2, -0.15) is 0 Å². The van der Waals surface area contributed by atoms with Crippen molar-refractivity contribution >= 4 is 34.6 Å². The van der Waals surface area contributed by atoms with Gasteiger partial charge in [0.05, 0.1) is 27.5 Å². The van der Waals surface area contributed by atoms with Crippen molar-refractivity contribution in [1.29, 1.82) is 0 Å². The van der Waals surface area contributed by atoms with Gasteiger partial charge in [-0.3, -0.25) is 19.9 Å². The summed E-state index contributed by atoms with van der Waals surface area (Å²) in [5.74, 6) is -0.456. The normalized spacial score (nSPS) is 19.9. The lowest BCUT2D eigenvalue weighted by Gasteiger charge is -2.21. The lowest BCUT2D eigenvalue weighted by atomic mass is 9.93. The predicted octanol–water partition coefficient (Wildman–Crippen LogP) is 5.38. The molecule has 0 saturated heterocycles. The molecule has 3 aromatic carbocycles. The van der Waals surface area contributed by atoms with Crippen molar-refractivity contribution in [2.75, 3.05) is 0 Å². The Morgan fingerprint density at radius 2 is 1.68 bits per heavy atom. The van der Waals surface area contributed by atoms with E-state index in [4.69, 9.17) is 4.99 Å². The van der Waals surface area contributed by atoms with E-state index in [0.29, 0.717) is 5.56 Å². The summed E-state index contributed by atoms with van der Waals surface area (Å²) in [5, 5.41) is 11.0. The van der Waals surface area contributed by atoms with Gasteiger partial charge in [0.15, 0.2) is 5.78 Å². The Bertz CT molecular complexity index is 1170. The van der Waals surface area contributed by atoms with Gasteiger partial charge in [0.25, 0.3) is 5.69 Å². The Hall–Kier alpha value is -3.25. The van der Waals surface area contributed by atoms with Crippen LogP contribution >= 0.6 is 11.8 Å². The molecule has 0 aromatic heterocycles. The van der Waals surface area contributed by atoms with Crippen molar-refractivity contribution in [1.82, 2.24) is 0 Å². The molecule has 0 amide bonds. The van der Waals surface area contributed by atoms with Crippen LogP contribution in [-0.2, 0) is 0 Å². The Balaban J connectivity index is 1.73. The zero-order valence-corrected chi connectivity index (χ0v) is 15.4. The third-order valence-corrected chi connectivity index (χ3v) is 6.52. The van der Waals surface area contributed by atoms with Crippen LogP contribution in [0.4, 0.5) is 11.4 Å². The zero-order chi connectivity index (χ0) is 19.3. The highest BCUT2D eigenvalue weighted by Crippen LogP contribution is 2.51. The highest BCUT2D eigenvalue weighted by atomic mass is 32.2. The summed E-state index contributed by atoms with van der Waals surface area (Å²) in [7, 11) is 0. The van der Waals surface area contributed by atoms with Gasteiger partial charge in [-0.15, -0.1) is 11.8 Å². The fraction of sp³-hybridized carbons (Fsp3) is 0.0909. The van der Waals surface area contributed by atoms with E-state index >= 15 is 0 Å². The smallest absolute Gasteiger partial charge is 0.269 e. The van der Waals surface area contributed by atoms with Crippen molar-refractivity contribution in [3.05, 3.63) is 99.6 Å². The lowest BCUT2D eigenvalue weighted by Crippen LogP contribution is -2.22. The van der Waals surface area contributed by atoms with Crippen LogP contribution in [0.2, 0.25) is 0 Å². The first-order valence-corrected chi connectivity index (χ1v) is 9.73.